The fourth-order valence-corrected chi connectivity index (χ4v) is 4.53. The summed E-state index contributed by atoms with van der Waals surface area (Å²) in [4.78, 5) is 32.1. The molecule has 2 aromatic carbocycles. The Bertz CT molecular complexity index is 1010. The van der Waals surface area contributed by atoms with Crippen LogP contribution in [0, 0.1) is 10.1 Å². The molecule has 0 spiro atoms. The molecule has 28 heavy (non-hydrogen) atoms. The number of hydrogen-bond acceptors (Lipinski definition) is 6. The number of fused-ring (bicyclic) bond motifs is 1. The zero-order valence-corrected chi connectivity index (χ0v) is 16.3. The lowest BCUT2D eigenvalue weighted by Crippen LogP contribution is -2.26. The molecule has 0 bridgehead atoms. The lowest BCUT2D eigenvalue weighted by Gasteiger charge is -2.19. The van der Waals surface area contributed by atoms with E-state index >= 15 is 0 Å². The Kier molecular flexibility index (Phi) is 4.95. The van der Waals surface area contributed by atoms with Crippen molar-refractivity contribution in [2.75, 3.05) is 25.0 Å². The number of carbonyl (C=O) groups is 1. The first-order valence-corrected chi connectivity index (χ1v) is 9.98. The van der Waals surface area contributed by atoms with Gasteiger partial charge in [0.2, 0.25) is 0 Å². The molecular weight excluding hydrogens is 376 g/mol. The van der Waals surface area contributed by atoms with Crippen LogP contribution in [0.2, 0.25) is 0 Å². The van der Waals surface area contributed by atoms with Crippen molar-refractivity contribution in [3.05, 3.63) is 63.1 Å². The molecule has 1 aliphatic heterocycles. The second kappa shape index (κ2) is 7.55. The van der Waals surface area contributed by atoms with Gasteiger partial charge in [-0.25, -0.2) is 4.98 Å². The maximum absolute atomic E-state index is 12.8. The maximum atomic E-state index is 12.8. The van der Waals surface area contributed by atoms with Gasteiger partial charge in [0.15, 0.2) is 0 Å². The third-order valence-electron chi connectivity index (χ3n) is 4.92. The van der Waals surface area contributed by atoms with Gasteiger partial charge in [-0.3, -0.25) is 14.9 Å². The Morgan fingerprint density at radius 3 is 2.71 bits per heavy atom. The summed E-state index contributed by atoms with van der Waals surface area (Å²) < 4.78 is 1.07. The normalized spacial score (nSPS) is 13.8. The zero-order valence-electron chi connectivity index (χ0n) is 15.5. The van der Waals surface area contributed by atoms with Crippen LogP contribution >= 0.6 is 11.3 Å². The van der Waals surface area contributed by atoms with Crippen molar-refractivity contribution >= 4 is 38.8 Å². The molecule has 1 aliphatic rings. The summed E-state index contributed by atoms with van der Waals surface area (Å²) in [5, 5.41) is 12.4. The quantitative estimate of drug-likeness (QED) is 0.480. The van der Waals surface area contributed by atoms with E-state index in [1.54, 1.807) is 35.4 Å². The molecular formula is C20H20N4O3S. The number of nitro groups is 1. The summed E-state index contributed by atoms with van der Waals surface area (Å²) in [6, 6.07) is 12.6. The van der Waals surface area contributed by atoms with Crippen molar-refractivity contribution in [3.8, 4) is 0 Å². The van der Waals surface area contributed by atoms with E-state index in [0.29, 0.717) is 17.8 Å². The minimum atomic E-state index is -0.405. The molecule has 0 unspecified atom stereocenters. The van der Waals surface area contributed by atoms with Crippen molar-refractivity contribution < 1.29 is 9.72 Å². The summed E-state index contributed by atoms with van der Waals surface area (Å²) >= 11 is 1.55. The van der Waals surface area contributed by atoms with E-state index in [2.05, 4.69) is 4.98 Å². The minimum Gasteiger partial charge on any atom is -0.366 e. The average molecular weight is 396 g/mol. The molecule has 7 nitrogen and oxygen atoms in total. The first kappa shape index (κ1) is 18.4. The van der Waals surface area contributed by atoms with Crippen molar-refractivity contribution in [3.63, 3.8) is 0 Å². The highest BCUT2D eigenvalue weighted by molar-refractivity contribution is 7.18. The average Bonchev–Trinajstić information content (AvgIpc) is 3.36. The maximum Gasteiger partial charge on any atom is 0.293 e. The van der Waals surface area contributed by atoms with Crippen LogP contribution in [-0.4, -0.2) is 40.9 Å². The van der Waals surface area contributed by atoms with Crippen LogP contribution in [-0.2, 0) is 6.54 Å². The molecule has 1 aromatic heterocycles. The molecule has 0 atom stereocenters. The van der Waals surface area contributed by atoms with E-state index < -0.39 is 4.92 Å². The van der Waals surface area contributed by atoms with Crippen LogP contribution in [0.3, 0.4) is 0 Å². The lowest BCUT2D eigenvalue weighted by atomic mass is 10.1. The van der Waals surface area contributed by atoms with Crippen molar-refractivity contribution in [1.29, 1.82) is 0 Å². The first-order chi connectivity index (χ1) is 13.5. The number of anilines is 1. The fraction of sp³-hybridized carbons (Fsp3) is 0.300. The van der Waals surface area contributed by atoms with Gasteiger partial charge in [-0.05, 0) is 37.1 Å². The molecule has 1 saturated heterocycles. The molecule has 0 aliphatic carbocycles. The Hall–Kier alpha value is -3.00. The summed E-state index contributed by atoms with van der Waals surface area (Å²) in [7, 11) is 1.69. The highest BCUT2D eigenvalue weighted by atomic mass is 32.1. The van der Waals surface area contributed by atoms with E-state index in [1.807, 2.05) is 29.2 Å². The zero-order chi connectivity index (χ0) is 19.7. The molecule has 0 radical (unpaired) electrons. The highest BCUT2D eigenvalue weighted by Crippen LogP contribution is 2.32. The van der Waals surface area contributed by atoms with E-state index in [1.165, 1.54) is 6.07 Å². The molecule has 0 saturated carbocycles. The van der Waals surface area contributed by atoms with Gasteiger partial charge in [0, 0.05) is 31.8 Å². The number of nitro benzene ring substituents is 1. The third kappa shape index (κ3) is 3.55. The van der Waals surface area contributed by atoms with E-state index in [0.717, 1.165) is 41.2 Å². The number of benzene rings is 2. The number of rotatable bonds is 5. The number of hydrogen-bond donors (Lipinski definition) is 0. The van der Waals surface area contributed by atoms with E-state index in [9.17, 15) is 14.9 Å². The number of para-hydroxylation sites is 1. The summed E-state index contributed by atoms with van der Waals surface area (Å²) in [5.41, 5.74) is 1.81. The molecule has 144 valence electrons. The Morgan fingerprint density at radius 1 is 1.25 bits per heavy atom. The first-order valence-electron chi connectivity index (χ1n) is 9.16. The predicted octanol–water partition coefficient (Wildman–Crippen LogP) is 4.08. The lowest BCUT2D eigenvalue weighted by molar-refractivity contribution is -0.384. The van der Waals surface area contributed by atoms with Gasteiger partial charge < -0.3 is 9.80 Å². The molecule has 1 amide bonds. The topological polar surface area (TPSA) is 79.6 Å². The van der Waals surface area contributed by atoms with Gasteiger partial charge in [0.25, 0.3) is 11.6 Å². The van der Waals surface area contributed by atoms with Crippen LogP contribution < -0.4 is 4.90 Å². The molecule has 1 fully saturated rings. The van der Waals surface area contributed by atoms with Crippen molar-refractivity contribution in [1.82, 2.24) is 9.88 Å². The van der Waals surface area contributed by atoms with Crippen molar-refractivity contribution in [2.45, 2.75) is 19.4 Å². The van der Waals surface area contributed by atoms with Crippen LogP contribution in [0.4, 0.5) is 11.4 Å². The summed E-state index contributed by atoms with van der Waals surface area (Å²) in [6.45, 7) is 1.98. The van der Waals surface area contributed by atoms with Gasteiger partial charge in [-0.1, -0.05) is 12.1 Å². The Labute approximate surface area is 166 Å². The molecule has 3 aromatic rings. The SMILES string of the molecule is CN(Cc1nc2ccccc2s1)C(=O)c1ccc(N2CCCC2)c([N+](=O)[O-])c1. The molecule has 2 heterocycles. The van der Waals surface area contributed by atoms with E-state index in [4.69, 9.17) is 0 Å². The van der Waals surface area contributed by atoms with Gasteiger partial charge >= 0.3 is 0 Å². The largest absolute Gasteiger partial charge is 0.366 e. The van der Waals surface area contributed by atoms with Crippen LogP contribution in [0.25, 0.3) is 10.2 Å². The number of nitrogens with zero attached hydrogens (tertiary/aromatic N) is 4. The fourth-order valence-electron chi connectivity index (χ4n) is 3.51. The minimum absolute atomic E-state index is 0.0128. The molecule has 8 heteroatoms. The predicted molar refractivity (Wildman–Crippen MR) is 110 cm³/mol. The van der Waals surface area contributed by atoms with Gasteiger partial charge in [-0.15, -0.1) is 11.3 Å². The van der Waals surface area contributed by atoms with Crippen LogP contribution in [0.5, 0.6) is 0 Å². The Balaban J connectivity index is 1.56. The third-order valence-corrected chi connectivity index (χ3v) is 5.94. The van der Waals surface area contributed by atoms with Gasteiger partial charge in [-0.2, -0.15) is 0 Å². The number of aromatic nitrogens is 1. The summed E-state index contributed by atoms with van der Waals surface area (Å²) in [5.74, 6) is -0.254. The van der Waals surface area contributed by atoms with Crippen molar-refractivity contribution in [2.24, 2.45) is 0 Å². The van der Waals surface area contributed by atoms with Crippen LogP contribution in [0.15, 0.2) is 42.5 Å². The number of amides is 1. The summed E-state index contributed by atoms with van der Waals surface area (Å²) in [6.07, 6.45) is 2.06. The Morgan fingerprint density at radius 2 is 2.00 bits per heavy atom. The highest BCUT2D eigenvalue weighted by Gasteiger charge is 2.25. The standard InChI is InChI=1S/C20H20N4O3S/c1-22(13-19-21-15-6-2-3-7-18(15)28-19)20(25)14-8-9-16(17(12-14)24(26)27)23-10-4-5-11-23/h2-3,6-9,12H,4-5,10-11,13H2,1H3. The monoisotopic (exact) mass is 396 g/mol. The van der Waals surface area contributed by atoms with Gasteiger partial charge in [0.1, 0.15) is 10.7 Å². The second-order valence-corrected chi connectivity index (χ2v) is 8.01. The molecule has 4 rings (SSSR count). The van der Waals surface area contributed by atoms with Gasteiger partial charge in [0.05, 0.1) is 21.7 Å². The number of thiazole rings is 1. The smallest absolute Gasteiger partial charge is 0.293 e. The second-order valence-electron chi connectivity index (χ2n) is 6.89. The molecule has 0 N–H and O–H groups in total. The number of carbonyl (C=O) groups excluding carboxylic acids is 1. The van der Waals surface area contributed by atoms with Crippen LogP contribution in [0.1, 0.15) is 28.2 Å². The van der Waals surface area contributed by atoms with E-state index in [-0.39, 0.29) is 11.6 Å².